The van der Waals surface area contributed by atoms with Crippen molar-refractivity contribution in [2.24, 2.45) is 5.73 Å². The normalized spacial score (nSPS) is 19.4. The van der Waals surface area contributed by atoms with Crippen LogP contribution in [0.25, 0.3) is 0 Å². The molecule has 2 fully saturated rings. The third kappa shape index (κ3) is 5.88. The minimum atomic E-state index is -5.31. The molecule has 2 aliphatic rings. The summed E-state index contributed by atoms with van der Waals surface area (Å²) in [5.74, 6) is -4.53. The summed E-state index contributed by atoms with van der Waals surface area (Å²) in [5.41, 5.74) is 3.66. The largest absolute Gasteiger partial charge is 0.473 e. The number of carbonyl (C=O) groups excluding carboxylic acids is 3. The number of ether oxygens (including phenoxy) is 2. The minimum Gasteiger partial charge on any atom is -0.443 e. The van der Waals surface area contributed by atoms with Crippen molar-refractivity contribution in [3.8, 4) is 0 Å². The van der Waals surface area contributed by atoms with Crippen LogP contribution in [0.5, 0.6) is 0 Å². The molecule has 3 amide bonds. The Labute approximate surface area is 203 Å². The van der Waals surface area contributed by atoms with Crippen molar-refractivity contribution >= 4 is 29.5 Å². The van der Waals surface area contributed by atoms with E-state index in [2.05, 4.69) is 0 Å². The molecule has 15 heteroatoms. The van der Waals surface area contributed by atoms with Crippen molar-refractivity contribution < 1.29 is 45.8 Å². The van der Waals surface area contributed by atoms with Crippen molar-refractivity contribution in [2.45, 2.75) is 38.7 Å². The number of carbonyl (C=O) groups is 3. The van der Waals surface area contributed by atoms with Gasteiger partial charge in [0.15, 0.2) is 11.6 Å². The lowest BCUT2D eigenvalue weighted by molar-refractivity contribution is -0.199. The molecule has 0 unspecified atom stereocenters. The zero-order chi connectivity index (χ0) is 27.0. The number of hydrogen-bond donors (Lipinski definition) is 1. The number of benzene rings is 1. The molecule has 0 spiro atoms. The summed E-state index contributed by atoms with van der Waals surface area (Å²) in [6.45, 7) is 2.46. The van der Waals surface area contributed by atoms with Gasteiger partial charge >= 0.3 is 24.3 Å². The van der Waals surface area contributed by atoms with Crippen LogP contribution in [0.3, 0.4) is 0 Å². The van der Waals surface area contributed by atoms with E-state index in [-0.39, 0.29) is 30.3 Å². The van der Waals surface area contributed by atoms with E-state index in [9.17, 15) is 27.6 Å². The molecular formula is C21H26F5N5O5. The molecule has 2 heterocycles. The Hall–Kier alpha value is -3.36. The predicted octanol–water partition coefficient (Wildman–Crippen LogP) is 2.61. The average molecular weight is 523 g/mol. The molecule has 0 bridgehead atoms. The highest BCUT2D eigenvalue weighted by atomic mass is 19.4. The fourth-order valence-electron chi connectivity index (χ4n) is 3.73. The van der Waals surface area contributed by atoms with Gasteiger partial charge in [-0.05, 0) is 20.8 Å². The second-order valence-corrected chi connectivity index (χ2v) is 9.13. The van der Waals surface area contributed by atoms with E-state index in [1.165, 1.54) is 20.8 Å². The minimum absolute atomic E-state index is 0.0142. The van der Waals surface area contributed by atoms with Gasteiger partial charge in [0.1, 0.15) is 17.4 Å². The second kappa shape index (κ2) is 9.95. The standard InChI is InChI=1S/C21H26F5N5O5/c1-20(2,3)36-19(34)31-7-5-28(4-6-30(31)17(32)21(24,25)26)16-14(22)8-12(9-15(16)23)29-11-13(10-27)35-18(29)33/h8-9,13H,4-7,10-11,27H2,1-3H3/t13-/m0/s1. The number of nitrogens with zero attached hydrogens (tertiary/aromatic N) is 4. The fraction of sp³-hybridized carbons (Fsp3) is 0.571. The maximum absolute atomic E-state index is 15.1. The molecule has 36 heavy (non-hydrogen) atoms. The van der Waals surface area contributed by atoms with E-state index in [1.807, 2.05) is 0 Å². The number of nitrogens with two attached hydrogens (primary N) is 1. The molecule has 2 saturated heterocycles. The van der Waals surface area contributed by atoms with Gasteiger partial charge in [0.25, 0.3) is 0 Å². The summed E-state index contributed by atoms with van der Waals surface area (Å²) in [7, 11) is 0. The van der Waals surface area contributed by atoms with Crippen LogP contribution in [-0.4, -0.2) is 85.3 Å². The maximum Gasteiger partial charge on any atom is 0.473 e. The molecular weight excluding hydrogens is 497 g/mol. The van der Waals surface area contributed by atoms with E-state index < -0.39 is 72.9 Å². The second-order valence-electron chi connectivity index (χ2n) is 9.13. The molecule has 0 aromatic heterocycles. The van der Waals surface area contributed by atoms with Gasteiger partial charge in [0.2, 0.25) is 0 Å². The Morgan fingerprint density at radius 2 is 1.61 bits per heavy atom. The Kier molecular flexibility index (Phi) is 7.53. The smallest absolute Gasteiger partial charge is 0.443 e. The molecule has 0 radical (unpaired) electrons. The van der Waals surface area contributed by atoms with Crippen molar-refractivity contribution in [1.29, 1.82) is 0 Å². The van der Waals surface area contributed by atoms with Crippen LogP contribution >= 0.6 is 0 Å². The lowest BCUT2D eigenvalue weighted by atomic mass is 10.2. The fourth-order valence-corrected chi connectivity index (χ4v) is 3.73. The number of hydrazine groups is 1. The summed E-state index contributed by atoms with van der Waals surface area (Å²) in [6.07, 6.45) is -8.01. The van der Waals surface area contributed by atoms with E-state index in [1.54, 1.807) is 0 Å². The van der Waals surface area contributed by atoms with Crippen LogP contribution in [0.4, 0.5) is 42.9 Å². The molecule has 1 atom stereocenters. The lowest BCUT2D eigenvalue weighted by Gasteiger charge is -2.34. The molecule has 200 valence electrons. The number of cyclic esters (lactones) is 1. The van der Waals surface area contributed by atoms with Gasteiger partial charge in [0.05, 0.1) is 25.3 Å². The Bertz CT molecular complexity index is 1010. The summed E-state index contributed by atoms with van der Waals surface area (Å²) in [5, 5.41) is 0.629. The first-order valence-electron chi connectivity index (χ1n) is 10.9. The first kappa shape index (κ1) is 27.2. The maximum atomic E-state index is 15.1. The molecule has 2 N–H and O–H groups in total. The highest BCUT2D eigenvalue weighted by molar-refractivity contribution is 5.90. The summed E-state index contributed by atoms with van der Waals surface area (Å²) in [4.78, 5) is 38.7. The highest BCUT2D eigenvalue weighted by Crippen LogP contribution is 2.32. The van der Waals surface area contributed by atoms with Crippen molar-refractivity contribution in [1.82, 2.24) is 10.0 Å². The third-order valence-corrected chi connectivity index (χ3v) is 5.30. The number of rotatable bonds is 3. The van der Waals surface area contributed by atoms with Gasteiger partial charge in [0, 0.05) is 31.8 Å². The molecule has 10 nitrogen and oxygen atoms in total. The molecule has 2 aliphatic heterocycles. The van der Waals surface area contributed by atoms with Gasteiger partial charge in [-0.2, -0.15) is 13.2 Å². The predicted molar refractivity (Wildman–Crippen MR) is 116 cm³/mol. The van der Waals surface area contributed by atoms with Gasteiger partial charge in [-0.3, -0.25) is 9.69 Å². The Morgan fingerprint density at radius 1 is 1.06 bits per heavy atom. The molecule has 0 aliphatic carbocycles. The average Bonchev–Trinajstić information content (AvgIpc) is 2.99. The Balaban J connectivity index is 1.88. The summed E-state index contributed by atoms with van der Waals surface area (Å²) in [6, 6.07) is 1.77. The van der Waals surface area contributed by atoms with Gasteiger partial charge in [-0.15, -0.1) is 0 Å². The van der Waals surface area contributed by atoms with Crippen LogP contribution in [0.15, 0.2) is 12.1 Å². The molecule has 1 aromatic carbocycles. The zero-order valence-corrected chi connectivity index (χ0v) is 19.8. The Morgan fingerprint density at radius 3 is 2.08 bits per heavy atom. The topological polar surface area (TPSA) is 109 Å². The quantitative estimate of drug-likeness (QED) is 0.607. The monoisotopic (exact) mass is 523 g/mol. The molecule has 0 saturated carbocycles. The van der Waals surface area contributed by atoms with Crippen LogP contribution < -0.4 is 15.5 Å². The van der Waals surface area contributed by atoms with E-state index in [4.69, 9.17) is 15.2 Å². The molecule has 1 aromatic rings. The van der Waals surface area contributed by atoms with Crippen molar-refractivity contribution in [3.63, 3.8) is 0 Å². The van der Waals surface area contributed by atoms with Crippen LogP contribution in [0.1, 0.15) is 20.8 Å². The van der Waals surface area contributed by atoms with E-state index in [0.717, 1.165) is 21.9 Å². The van der Waals surface area contributed by atoms with Crippen molar-refractivity contribution in [3.05, 3.63) is 23.8 Å². The van der Waals surface area contributed by atoms with Crippen LogP contribution in [-0.2, 0) is 14.3 Å². The number of halogens is 5. The van der Waals surface area contributed by atoms with Crippen LogP contribution in [0, 0.1) is 11.6 Å². The van der Waals surface area contributed by atoms with Crippen LogP contribution in [0.2, 0.25) is 0 Å². The van der Waals surface area contributed by atoms with Gasteiger partial charge < -0.3 is 20.1 Å². The number of anilines is 2. The van der Waals surface area contributed by atoms with Crippen molar-refractivity contribution in [2.75, 3.05) is 49.1 Å². The van der Waals surface area contributed by atoms with E-state index >= 15 is 8.78 Å². The lowest BCUT2D eigenvalue weighted by Crippen LogP contribution is -2.55. The van der Waals surface area contributed by atoms with E-state index in [0.29, 0.717) is 5.01 Å². The number of hydrogen-bond acceptors (Lipinski definition) is 7. The molecule has 3 rings (SSSR count). The highest BCUT2D eigenvalue weighted by Gasteiger charge is 2.47. The first-order valence-corrected chi connectivity index (χ1v) is 10.9. The third-order valence-electron chi connectivity index (χ3n) is 5.30. The number of alkyl halides is 3. The van der Waals surface area contributed by atoms with Gasteiger partial charge in [-0.25, -0.2) is 28.4 Å². The summed E-state index contributed by atoms with van der Waals surface area (Å²) >= 11 is 0. The first-order chi connectivity index (χ1) is 16.6. The zero-order valence-electron chi connectivity index (χ0n) is 19.8. The SMILES string of the molecule is CC(C)(C)OC(=O)N1CCN(c2c(F)cc(N3C[C@H](CN)OC3=O)cc2F)CCN1C(=O)C(F)(F)F. The van der Waals surface area contributed by atoms with Gasteiger partial charge in [-0.1, -0.05) is 0 Å². The number of amides is 3. The summed E-state index contributed by atoms with van der Waals surface area (Å²) < 4.78 is 79.9.